The number of pyridine rings is 1. The van der Waals surface area contributed by atoms with Gasteiger partial charge in [0.25, 0.3) is 0 Å². The second-order valence-corrected chi connectivity index (χ2v) is 5.49. The fourth-order valence-corrected chi connectivity index (χ4v) is 2.44. The highest BCUT2D eigenvalue weighted by molar-refractivity contribution is 5.66. The normalized spacial score (nSPS) is 14.0. The van der Waals surface area contributed by atoms with Crippen molar-refractivity contribution in [2.75, 3.05) is 48.7 Å². The number of anilines is 4. The van der Waals surface area contributed by atoms with Gasteiger partial charge >= 0.3 is 6.16 Å². The van der Waals surface area contributed by atoms with E-state index in [2.05, 4.69) is 35.2 Å². The number of rotatable bonds is 5. The maximum absolute atomic E-state index is 11.3. The van der Waals surface area contributed by atoms with Crippen molar-refractivity contribution in [1.82, 2.24) is 20.3 Å². The highest BCUT2D eigenvalue weighted by Crippen LogP contribution is 2.22. The third kappa shape index (κ3) is 4.48. The number of carbonyl (C=O) groups is 1. The molecule has 0 radical (unpaired) electrons. The molecule has 0 unspecified atom stereocenters. The second-order valence-electron chi connectivity index (χ2n) is 5.49. The molecule has 10 nitrogen and oxygen atoms in total. The summed E-state index contributed by atoms with van der Waals surface area (Å²) >= 11 is 0. The minimum atomic E-state index is -0.853. The molecule has 0 spiro atoms. The Morgan fingerprint density at radius 1 is 1.31 bits per heavy atom. The third-order valence-corrected chi connectivity index (χ3v) is 3.71. The monoisotopic (exact) mass is 359 g/mol. The summed E-state index contributed by atoms with van der Waals surface area (Å²) in [5.74, 6) is 0.896. The molecule has 3 rings (SSSR count). The Balaban J connectivity index is 1.63. The Labute approximate surface area is 150 Å². The van der Waals surface area contributed by atoms with Crippen LogP contribution in [0.25, 0.3) is 0 Å². The van der Waals surface area contributed by atoms with Gasteiger partial charge in [-0.05, 0) is 19.1 Å². The molecular formula is C16H21N7O3. The van der Waals surface area contributed by atoms with Gasteiger partial charge in [-0.1, -0.05) is 0 Å². The summed E-state index contributed by atoms with van der Waals surface area (Å²) in [6.45, 7) is 5.72. The van der Waals surface area contributed by atoms with Crippen molar-refractivity contribution in [3.05, 3.63) is 24.5 Å². The number of carbonyl (C=O) groups excluding carboxylic acids is 1. The van der Waals surface area contributed by atoms with Crippen LogP contribution in [0.1, 0.15) is 6.92 Å². The lowest BCUT2D eigenvalue weighted by Gasteiger charge is -2.29. The van der Waals surface area contributed by atoms with E-state index in [1.165, 1.54) is 6.20 Å². The summed E-state index contributed by atoms with van der Waals surface area (Å²) in [5.41, 5.74) is 6.85. The first-order valence-corrected chi connectivity index (χ1v) is 8.31. The van der Waals surface area contributed by atoms with Crippen molar-refractivity contribution in [3.8, 4) is 5.75 Å². The van der Waals surface area contributed by atoms with Crippen LogP contribution in [0.15, 0.2) is 24.5 Å². The number of hydrogen-bond acceptors (Lipinski definition) is 10. The molecule has 2 aromatic heterocycles. The predicted molar refractivity (Wildman–Crippen MR) is 96.7 cm³/mol. The molecule has 0 bridgehead atoms. The van der Waals surface area contributed by atoms with E-state index in [0.717, 1.165) is 31.9 Å². The first-order valence-electron chi connectivity index (χ1n) is 8.31. The quantitative estimate of drug-likeness (QED) is 0.669. The zero-order chi connectivity index (χ0) is 18.4. The van der Waals surface area contributed by atoms with Crippen LogP contribution in [0.4, 0.5) is 28.1 Å². The van der Waals surface area contributed by atoms with E-state index in [1.54, 1.807) is 13.1 Å². The summed E-state index contributed by atoms with van der Waals surface area (Å²) < 4.78 is 9.59. The summed E-state index contributed by atoms with van der Waals surface area (Å²) in [6.07, 6.45) is 2.25. The van der Waals surface area contributed by atoms with E-state index in [-0.39, 0.29) is 24.1 Å². The van der Waals surface area contributed by atoms with E-state index in [0.29, 0.717) is 5.82 Å². The Morgan fingerprint density at radius 2 is 2.12 bits per heavy atom. The smallest absolute Gasteiger partial charge is 0.434 e. The van der Waals surface area contributed by atoms with Gasteiger partial charge in [0.05, 0.1) is 24.7 Å². The molecule has 10 heteroatoms. The number of nitrogen functional groups attached to an aromatic ring is 1. The molecule has 2 aromatic rings. The van der Waals surface area contributed by atoms with E-state index in [4.69, 9.17) is 10.5 Å². The van der Waals surface area contributed by atoms with Crippen LogP contribution >= 0.6 is 0 Å². The number of nitrogens with one attached hydrogen (secondary N) is 2. The zero-order valence-corrected chi connectivity index (χ0v) is 14.4. The minimum absolute atomic E-state index is 0.0213. The first-order chi connectivity index (χ1) is 12.7. The van der Waals surface area contributed by atoms with Crippen molar-refractivity contribution in [2.24, 2.45) is 0 Å². The fraction of sp³-hybridized carbons (Fsp3) is 0.375. The van der Waals surface area contributed by atoms with Crippen LogP contribution in [0, 0.1) is 0 Å². The number of ether oxygens (including phenoxy) is 2. The van der Waals surface area contributed by atoms with E-state index in [9.17, 15) is 4.79 Å². The molecule has 0 aromatic carbocycles. The summed E-state index contributed by atoms with van der Waals surface area (Å²) in [6, 6.07) is 3.84. The number of nitrogens with zero attached hydrogens (tertiary/aromatic N) is 4. The standard InChI is InChI=1S/C16H21N7O3/c1-2-25-16(24)26-12-10-20-15(22-14(12)17)21-13-4-3-11(9-19-13)23-7-5-18-6-8-23/h3-4,9-10,18H,2,5-8H2,1H3,(H3,17,19,20,21,22). The van der Waals surface area contributed by atoms with Crippen molar-refractivity contribution in [2.45, 2.75) is 6.92 Å². The van der Waals surface area contributed by atoms with Crippen molar-refractivity contribution in [1.29, 1.82) is 0 Å². The molecule has 26 heavy (non-hydrogen) atoms. The summed E-state index contributed by atoms with van der Waals surface area (Å²) in [4.78, 5) is 26.1. The lowest BCUT2D eigenvalue weighted by atomic mass is 10.3. The average Bonchev–Trinajstić information content (AvgIpc) is 2.66. The molecule has 4 N–H and O–H groups in total. The zero-order valence-electron chi connectivity index (χ0n) is 14.4. The Kier molecular flexibility index (Phi) is 5.64. The Hall–Kier alpha value is -3.14. The molecule has 1 aliphatic heterocycles. The molecule has 1 saturated heterocycles. The SMILES string of the molecule is CCOC(=O)Oc1cnc(Nc2ccc(N3CCNCC3)cn2)nc1N. The van der Waals surface area contributed by atoms with E-state index < -0.39 is 6.16 Å². The van der Waals surface area contributed by atoms with Gasteiger partial charge in [0, 0.05) is 26.2 Å². The molecule has 1 fully saturated rings. The average molecular weight is 359 g/mol. The molecule has 0 atom stereocenters. The first kappa shape index (κ1) is 17.7. The Bertz CT molecular complexity index is 748. The van der Waals surface area contributed by atoms with Gasteiger partial charge < -0.3 is 30.7 Å². The maximum atomic E-state index is 11.3. The third-order valence-electron chi connectivity index (χ3n) is 3.71. The fourth-order valence-electron chi connectivity index (χ4n) is 2.44. The second kappa shape index (κ2) is 8.30. The summed E-state index contributed by atoms with van der Waals surface area (Å²) in [7, 11) is 0. The van der Waals surface area contributed by atoms with E-state index in [1.807, 2.05) is 12.1 Å². The van der Waals surface area contributed by atoms with Gasteiger partial charge in [0.2, 0.25) is 5.95 Å². The van der Waals surface area contributed by atoms with E-state index >= 15 is 0 Å². The minimum Gasteiger partial charge on any atom is -0.434 e. The highest BCUT2D eigenvalue weighted by atomic mass is 16.7. The van der Waals surface area contributed by atoms with Gasteiger partial charge in [-0.25, -0.2) is 14.8 Å². The summed E-state index contributed by atoms with van der Waals surface area (Å²) in [5, 5.41) is 6.28. The molecule has 0 saturated carbocycles. The van der Waals surface area contributed by atoms with Gasteiger partial charge in [0.15, 0.2) is 11.6 Å². The largest absolute Gasteiger partial charge is 0.514 e. The predicted octanol–water partition coefficient (Wildman–Crippen LogP) is 1.14. The lowest BCUT2D eigenvalue weighted by Crippen LogP contribution is -2.43. The Morgan fingerprint density at radius 3 is 2.77 bits per heavy atom. The number of piperazine rings is 1. The molecule has 1 aliphatic rings. The van der Waals surface area contributed by atoms with Crippen LogP contribution < -0.4 is 26.0 Å². The number of aromatic nitrogens is 3. The molecule has 0 amide bonds. The van der Waals surface area contributed by atoms with Crippen LogP contribution in [-0.4, -0.2) is 53.9 Å². The van der Waals surface area contributed by atoms with Crippen molar-refractivity contribution >= 4 is 29.4 Å². The van der Waals surface area contributed by atoms with Gasteiger partial charge in [-0.15, -0.1) is 0 Å². The molecule has 0 aliphatic carbocycles. The van der Waals surface area contributed by atoms with Gasteiger partial charge in [0.1, 0.15) is 5.82 Å². The van der Waals surface area contributed by atoms with Crippen LogP contribution in [0.3, 0.4) is 0 Å². The number of hydrogen-bond donors (Lipinski definition) is 3. The molecular weight excluding hydrogens is 338 g/mol. The van der Waals surface area contributed by atoms with Crippen molar-refractivity contribution in [3.63, 3.8) is 0 Å². The molecule has 3 heterocycles. The van der Waals surface area contributed by atoms with Crippen LogP contribution in [-0.2, 0) is 4.74 Å². The highest BCUT2D eigenvalue weighted by Gasteiger charge is 2.13. The maximum Gasteiger partial charge on any atom is 0.514 e. The van der Waals surface area contributed by atoms with Crippen LogP contribution in [0.2, 0.25) is 0 Å². The van der Waals surface area contributed by atoms with Crippen LogP contribution in [0.5, 0.6) is 5.75 Å². The topological polar surface area (TPSA) is 128 Å². The number of nitrogens with two attached hydrogens (primary N) is 1. The van der Waals surface area contributed by atoms with Crippen molar-refractivity contribution < 1.29 is 14.3 Å². The molecule has 138 valence electrons. The lowest BCUT2D eigenvalue weighted by molar-refractivity contribution is 0.104. The van der Waals surface area contributed by atoms with Gasteiger partial charge in [-0.3, -0.25) is 0 Å². The van der Waals surface area contributed by atoms with Gasteiger partial charge in [-0.2, -0.15) is 4.98 Å².